The molecule has 5 rings (SSSR count). The number of hydrogen-bond acceptors (Lipinski definition) is 6. The third-order valence-corrected chi connectivity index (χ3v) is 8.77. The lowest BCUT2D eigenvalue weighted by molar-refractivity contribution is -0.160. The Balaban J connectivity index is 1.42. The highest BCUT2D eigenvalue weighted by Gasteiger charge is 2.50. The molecule has 0 amide bonds. The first-order chi connectivity index (χ1) is 17.7. The normalized spacial score (nSPS) is 24.6. The van der Waals surface area contributed by atoms with Crippen molar-refractivity contribution in [2.24, 2.45) is 17.8 Å². The number of carboxylic acid groups (broad SMARTS) is 1. The van der Waals surface area contributed by atoms with Gasteiger partial charge in [-0.05, 0) is 86.1 Å². The summed E-state index contributed by atoms with van der Waals surface area (Å²) in [7, 11) is -3.97. The van der Waals surface area contributed by atoms with Crippen LogP contribution >= 0.6 is 0 Å². The van der Waals surface area contributed by atoms with Crippen molar-refractivity contribution < 1.29 is 33.0 Å². The van der Waals surface area contributed by atoms with Gasteiger partial charge in [-0.1, -0.05) is 24.3 Å². The molecule has 2 fully saturated rings. The Kier molecular flexibility index (Phi) is 6.92. The number of allylic oxidation sites excluding steroid dienone is 3. The molecular formula is C28H29NO7S. The Morgan fingerprint density at radius 1 is 1.08 bits per heavy atom. The molecule has 4 atom stereocenters. The number of anilines is 1. The highest BCUT2D eigenvalue weighted by Crippen LogP contribution is 2.51. The molecule has 194 valence electrons. The number of aliphatic hydroxyl groups is 1. The summed E-state index contributed by atoms with van der Waals surface area (Å²) in [6, 6.07) is 11.9. The number of esters is 1. The van der Waals surface area contributed by atoms with E-state index in [-0.39, 0.29) is 28.2 Å². The highest BCUT2D eigenvalue weighted by atomic mass is 32.2. The van der Waals surface area contributed by atoms with Crippen LogP contribution in [0.25, 0.3) is 0 Å². The van der Waals surface area contributed by atoms with Crippen LogP contribution in [0.3, 0.4) is 0 Å². The maximum Gasteiger partial charge on any atom is 0.335 e. The molecule has 2 aliphatic carbocycles. The smallest absolute Gasteiger partial charge is 0.335 e. The monoisotopic (exact) mass is 523 g/mol. The number of aromatic carboxylic acids is 1. The summed E-state index contributed by atoms with van der Waals surface area (Å²) in [4.78, 5) is 24.2. The predicted molar refractivity (Wildman–Crippen MR) is 136 cm³/mol. The topological polar surface area (TPSA) is 130 Å². The van der Waals surface area contributed by atoms with Crippen molar-refractivity contribution in [1.82, 2.24) is 0 Å². The number of benzene rings is 2. The molecule has 37 heavy (non-hydrogen) atoms. The number of nitrogens with one attached hydrogen (secondary N) is 1. The zero-order valence-electron chi connectivity index (χ0n) is 20.1. The lowest BCUT2D eigenvalue weighted by atomic mass is 9.72. The molecule has 9 heteroatoms. The molecule has 3 N–H and O–H groups in total. The van der Waals surface area contributed by atoms with E-state index in [0.717, 1.165) is 37.7 Å². The minimum atomic E-state index is -3.97. The Morgan fingerprint density at radius 2 is 1.84 bits per heavy atom. The second kappa shape index (κ2) is 10.1. The van der Waals surface area contributed by atoms with Crippen LogP contribution in [0.1, 0.15) is 53.9 Å². The molecule has 0 radical (unpaired) electrons. The minimum Gasteiger partial charge on any atom is -0.478 e. The van der Waals surface area contributed by atoms with Gasteiger partial charge in [0.25, 0.3) is 10.0 Å². The zero-order valence-corrected chi connectivity index (χ0v) is 20.9. The molecule has 2 aromatic rings. The molecule has 0 spiro atoms. The van der Waals surface area contributed by atoms with Gasteiger partial charge in [0, 0.05) is 17.5 Å². The molecule has 0 bridgehead atoms. The van der Waals surface area contributed by atoms with Gasteiger partial charge < -0.3 is 14.9 Å². The van der Waals surface area contributed by atoms with Gasteiger partial charge in [-0.3, -0.25) is 9.52 Å². The number of ether oxygens (including phenoxy) is 1. The van der Waals surface area contributed by atoms with Crippen LogP contribution in [0, 0.1) is 17.8 Å². The van der Waals surface area contributed by atoms with E-state index >= 15 is 0 Å². The Labute approximate surface area is 215 Å². The quantitative estimate of drug-likeness (QED) is 0.457. The molecule has 1 saturated heterocycles. The predicted octanol–water partition coefficient (Wildman–Crippen LogP) is 4.45. The fraction of sp³-hybridized carbons (Fsp3) is 0.357. The lowest BCUT2D eigenvalue weighted by Crippen LogP contribution is -2.45. The van der Waals surface area contributed by atoms with Gasteiger partial charge in [0.1, 0.15) is 5.76 Å². The van der Waals surface area contributed by atoms with Gasteiger partial charge in [-0.15, -0.1) is 0 Å². The van der Waals surface area contributed by atoms with E-state index in [2.05, 4.69) is 4.72 Å². The van der Waals surface area contributed by atoms with Crippen LogP contribution in [0.5, 0.6) is 0 Å². The number of carbonyl (C=O) groups excluding carboxylic acids is 1. The SMILES string of the molecule is O=C(O)c1ccc(S(=O)(=O)Nc2cccc(C(C3CC3)C3C(=O)OC4=CC=CCCCC4C3O)c2)cc1. The largest absolute Gasteiger partial charge is 0.478 e. The molecule has 4 unspecified atom stereocenters. The van der Waals surface area contributed by atoms with Gasteiger partial charge in [0.15, 0.2) is 0 Å². The molecular weight excluding hydrogens is 494 g/mol. The number of hydrogen-bond donors (Lipinski definition) is 3. The number of carboxylic acids is 1. The molecule has 0 aromatic heterocycles. The summed E-state index contributed by atoms with van der Waals surface area (Å²) in [5.41, 5.74) is 1.08. The maximum absolute atomic E-state index is 13.2. The van der Waals surface area contributed by atoms with Crippen LogP contribution in [0.15, 0.2) is 77.4 Å². The van der Waals surface area contributed by atoms with E-state index in [1.165, 1.54) is 24.3 Å². The molecule has 2 aromatic carbocycles. The van der Waals surface area contributed by atoms with Crippen molar-refractivity contribution in [3.63, 3.8) is 0 Å². The lowest BCUT2D eigenvalue weighted by Gasteiger charge is -2.39. The summed E-state index contributed by atoms with van der Waals surface area (Å²) >= 11 is 0. The van der Waals surface area contributed by atoms with Crippen molar-refractivity contribution >= 4 is 27.6 Å². The van der Waals surface area contributed by atoms with E-state index in [9.17, 15) is 23.1 Å². The second-order valence-corrected chi connectivity index (χ2v) is 11.6. The van der Waals surface area contributed by atoms with Gasteiger partial charge in [0.05, 0.1) is 22.5 Å². The number of aliphatic hydroxyl groups excluding tert-OH is 1. The van der Waals surface area contributed by atoms with Crippen LogP contribution in [0.2, 0.25) is 0 Å². The summed E-state index contributed by atoms with van der Waals surface area (Å²) in [5.74, 6) is -2.19. The zero-order chi connectivity index (χ0) is 26.2. The number of sulfonamides is 1. The van der Waals surface area contributed by atoms with Gasteiger partial charge in [-0.2, -0.15) is 0 Å². The summed E-state index contributed by atoms with van der Waals surface area (Å²) in [6.45, 7) is 0. The fourth-order valence-corrected chi connectivity index (χ4v) is 6.44. The average molecular weight is 524 g/mol. The van der Waals surface area contributed by atoms with Crippen LogP contribution < -0.4 is 4.72 Å². The second-order valence-electron chi connectivity index (χ2n) is 9.90. The first-order valence-corrected chi connectivity index (χ1v) is 14.0. The van der Waals surface area contributed by atoms with Crippen molar-refractivity contribution in [3.05, 3.63) is 83.6 Å². The maximum atomic E-state index is 13.2. The van der Waals surface area contributed by atoms with Crippen LogP contribution in [0.4, 0.5) is 5.69 Å². The average Bonchev–Trinajstić information content (AvgIpc) is 3.68. The van der Waals surface area contributed by atoms with E-state index in [1.807, 2.05) is 18.2 Å². The third kappa shape index (κ3) is 5.33. The van der Waals surface area contributed by atoms with Gasteiger partial charge in [-0.25, -0.2) is 13.2 Å². The van der Waals surface area contributed by atoms with E-state index in [0.29, 0.717) is 11.4 Å². The van der Waals surface area contributed by atoms with Crippen LogP contribution in [-0.2, 0) is 19.6 Å². The fourth-order valence-electron chi connectivity index (χ4n) is 5.39. The number of fused-ring (bicyclic) bond motifs is 1. The van der Waals surface area contributed by atoms with Crippen molar-refractivity contribution in [2.75, 3.05) is 4.72 Å². The summed E-state index contributed by atoms with van der Waals surface area (Å²) < 4.78 is 34.2. The van der Waals surface area contributed by atoms with Gasteiger partial charge >= 0.3 is 11.9 Å². The van der Waals surface area contributed by atoms with E-state index < -0.39 is 34.0 Å². The molecule has 1 aliphatic heterocycles. The van der Waals surface area contributed by atoms with Crippen molar-refractivity contribution in [3.8, 4) is 0 Å². The minimum absolute atomic E-state index is 0.00976. The standard InChI is InChI=1S/C28H29NO7S/c30-26-22-8-3-1-2-4-9-23(22)36-28(33)25(26)24(17-10-11-17)19-6-5-7-20(16-19)29-37(34,35)21-14-12-18(13-15-21)27(31)32/h2,4-7,9,12-17,22,24-26,29-30H,1,3,8,10-11H2,(H,31,32). The van der Waals surface area contributed by atoms with E-state index in [1.54, 1.807) is 24.3 Å². The molecule has 1 saturated carbocycles. The first-order valence-electron chi connectivity index (χ1n) is 12.5. The number of rotatable bonds is 7. The van der Waals surface area contributed by atoms with Crippen molar-refractivity contribution in [2.45, 2.75) is 49.0 Å². The van der Waals surface area contributed by atoms with Crippen LogP contribution in [-0.4, -0.2) is 36.7 Å². The van der Waals surface area contributed by atoms with Gasteiger partial charge in [0.2, 0.25) is 0 Å². The first kappa shape index (κ1) is 25.2. The Bertz CT molecular complexity index is 1360. The molecule has 8 nitrogen and oxygen atoms in total. The Morgan fingerprint density at radius 3 is 2.54 bits per heavy atom. The molecule has 3 aliphatic rings. The summed E-state index contributed by atoms with van der Waals surface area (Å²) in [6.07, 6.45) is 9.12. The third-order valence-electron chi connectivity index (χ3n) is 7.37. The number of carbonyl (C=O) groups is 2. The highest BCUT2D eigenvalue weighted by molar-refractivity contribution is 7.92. The van der Waals surface area contributed by atoms with E-state index in [4.69, 9.17) is 9.84 Å². The molecule has 1 heterocycles. The summed E-state index contributed by atoms with van der Waals surface area (Å²) in [5, 5.41) is 20.5. The Hall–Kier alpha value is -3.43. The van der Waals surface area contributed by atoms with Crippen molar-refractivity contribution in [1.29, 1.82) is 0 Å².